The van der Waals surface area contributed by atoms with E-state index in [9.17, 15) is 9.59 Å². The Balaban J connectivity index is 3.23. The minimum Gasteiger partial charge on any atom is -0.299 e. The Morgan fingerprint density at radius 2 is 1.71 bits per heavy atom. The van der Waals surface area contributed by atoms with Crippen molar-refractivity contribution in [1.29, 1.82) is 0 Å². The maximum atomic E-state index is 11.0. The van der Waals surface area contributed by atoms with Crippen LogP contribution in [0, 0.1) is 0 Å². The topological polar surface area (TPSA) is 34.1 Å². The van der Waals surface area contributed by atoms with Gasteiger partial charge in [0.2, 0.25) is 0 Å². The van der Waals surface area contributed by atoms with Gasteiger partial charge in [0.15, 0.2) is 5.78 Å². The molecule has 0 aromatic carbocycles. The van der Waals surface area contributed by atoms with Crippen LogP contribution in [0.15, 0.2) is 12.2 Å². The molecule has 2 nitrogen and oxygen atoms in total. The second kappa shape index (κ2) is 10.2. The number of hydrogen-bond acceptors (Lipinski definition) is 2. The van der Waals surface area contributed by atoms with Crippen molar-refractivity contribution >= 4 is 12.1 Å². The summed E-state index contributed by atoms with van der Waals surface area (Å²) in [7, 11) is 0. The van der Waals surface area contributed by atoms with Crippen LogP contribution >= 0.6 is 0 Å². The lowest BCUT2D eigenvalue weighted by molar-refractivity contribution is -0.115. The van der Waals surface area contributed by atoms with Crippen LogP contribution < -0.4 is 0 Å². The lowest BCUT2D eigenvalue weighted by Crippen LogP contribution is -1.92. The smallest absolute Gasteiger partial charge is 0.155 e. The molecule has 0 radical (unpaired) electrons. The van der Waals surface area contributed by atoms with E-state index >= 15 is 0 Å². The summed E-state index contributed by atoms with van der Waals surface area (Å²) in [6, 6.07) is 0. The number of hydrogen-bond donors (Lipinski definition) is 0. The van der Waals surface area contributed by atoms with Crippen molar-refractivity contribution in [3.8, 4) is 0 Å². The Labute approximate surface area is 86.4 Å². The molecule has 0 aromatic rings. The number of carbonyl (C=O) groups excluding carboxylic acids is 2. The Kier molecular flexibility index (Phi) is 9.49. The zero-order valence-corrected chi connectivity index (χ0v) is 9.00. The standard InChI is InChI=1S/C12H20O2/c1-2-3-4-5-6-7-9-12(14)10-8-11-13/h8,10-11H,2-7,9H2,1H3/b10-8+. The Morgan fingerprint density at radius 3 is 2.36 bits per heavy atom. The summed E-state index contributed by atoms with van der Waals surface area (Å²) in [5.41, 5.74) is 0. The molecule has 0 aliphatic rings. The average Bonchev–Trinajstić information content (AvgIpc) is 2.20. The van der Waals surface area contributed by atoms with E-state index in [2.05, 4.69) is 6.92 Å². The number of ketones is 1. The SMILES string of the molecule is CCCCCCCCC(=O)/C=C/C=O. The molecular formula is C12H20O2. The van der Waals surface area contributed by atoms with Gasteiger partial charge in [-0.25, -0.2) is 0 Å². The summed E-state index contributed by atoms with van der Waals surface area (Å²) in [6.07, 6.45) is 11.0. The highest BCUT2D eigenvalue weighted by atomic mass is 16.1. The van der Waals surface area contributed by atoms with Crippen molar-refractivity contribution in [2.75, 3.05) is 0 Å². The summed E-state index contributed by atoms with van der Waals surface area (Å²) in [6.45, 7) is 2.19. The van der Waals surface area contributed by atoms with Crippen LogP contribution in [0.25, 0.3) is 0 Å². The molecule has 80 valence electrons. The fourth-order valence-electron chi connectivity index (χ4n) is 1.31. The van der Waals surface area contributed by atoms with Crippen LogP contribution in [-0.2, 0) is 9.59 Å². The molecule has 0 fully saturated rings. The highest BCUT2D eigenvalue weighted by Crippen LogP contribution is 2.07. The van der Waals surface area contributed by atoms with E-state index in [1.807, 2.05) is 0 Å². The summed E-state index contributed by atoms with van der Waals surface area (Å²) in [5.74, 6) is 0.0626. The largest absolute Gasteiger partial charge is 0.299 e. The zero-order chi connectivity index (χ0) is 10.6. The predicted molar refractivity (Wildman–Crippen MR) is 58.2 cm³/mol. The van der Waals surface area contributed by atoms with Crippen LogP contribution in [0.5, 0.6) is 0 Å². The van der Waals surface area contributed by atoms with Crippen LogP contribution in [0.2, 0.25) is 0 Å². The Hall–Kier alpha value is -0.920. The van der Waals surface area contributed by atoms with Gasteiger partial charge in [-0.05, 0) is 18.6 Å². The molecule has 0 aliphatic heterocycles. The number of allylic oxidation sites excluding steroid dienone is 2. The summed E-state index contributed by atoms with van der Waals surface area (Å²) >= 11 is 0. The zero-order valence-electron chi connectivity index (χ0n) is 9.00. The lowest BCUT2D eigenvalue weighted by Gasteiger charge is -1.98. The molecule has 0 spiro atoms. The second-order valence-corrected chi connectivity index (χ2v) is 3.48. The van der Waals surface area contributed by atoms with Gasteiger partial charge < -0.3 is 0 Å². The Morgan fingerprint density at radius 1 is 1.07 bits per heavy atom. The first-order valence-electron chi connectivity index (χ1n) is 5.46. The van der Waals surface area contributed by atoms with Crippen molar-refractivity contribution in [2.45, 2.75) is 51.9 Å². The van der Waals surface area contributed by atoms with Crippen molar-refractivity contribution in [3.05, 3.63) is 12.2 Å². The molecule has 0 N–H and O–H groups in total. The van der Waals surface area contributed by atoms with Crippen molar-refractivity contribution in [2.24, 2.45) is 0 Å². The summed E-state index contributed by atoms with van der Waals surface area (Å²) < 4.78 is 0. The van der Waals surface area contributed by atoms with Crippen molar-refractivity contribution < 1.29 is 9.59 Å². The average molecular weight is 196 g/mol. The molecule has 0 aliphatic carbocycles. The van der Waals surface area contributed by atoms with Gasteiger partial charge in [0, 0.05) is 6.42 Å². The number of aldehydes is 1. The van der Waals surface area contributed by atoms with Crippen LogP contribution in [0.3, 0.4) is 0 Å². The highest BCUT2D eigenvalue weighted by Gasteiger charge is 1.96. The third kappa shape index (κ3) is 9.17. The molecule has 0 atom stereocenters. The minimum absolute atomic E-state index is 0.0626. The van der Waals surface area contributed by atoms with E-state index in [1.54, 1.807) is 0 Å². The van der Waals surface area contributed by atoms with Gasteiger partial charge in [-0.1, -0.05) is 39.0 Å². The summed E-state index contributed by atoms with van der Waals surface area (Å²) in [4.78, 5) is 21.0. The fraction of sp³-hybridized carbons (Fsp3) is 0.667. The maximum Gasteiger partial charge on any atom is 0.155 e. The number of rotatable bonds is 9. The molecule has 0 bridgehead atoms. The molecule has 0 amide bonds. The van der Waals surface area contributed by atoms with Gasteiger partial charge in [-0.2, -0.15) is 0 Å². The summed E-state index contributed by atoms with van der Waals surface area (Å²) in [5, 5.41) is 0. The monoisotopic (exact) mass is 196 g/mol. The Bertz CT molecular complexity index is 183. The van der Waals surface area contributed by atoms with Gasteiger partial charge in [0.05, 0.1) is 0 Å². The minimum atomic E-state index is 0.0626. The quantitative estimate of drug-likeness (QED) is 0.322. The van der Waals surface area contributed by atoms with Gasteiger partial charge in [-0.3, -0.25) is 9.59 Å². The molecular weight excluding hydrogens is 176 g/mol. The van der Waals surface area contributed by atoms with Crippen LogP contribution in [0.1, 0.15) is 51.9 Å². The van der Waals surface area contributed by atoms with E-state index in [0.717, 1.165) is 12.8 Å². The van der Waals surface area contributed by atoms with Gasteiger partial charge in [0.25, 0.3) is 0 Å². The van der Waals surface area contributed by atoms with E-state index < -0.39 is 0 Å². The molecule has 0 rings (SSSR count). The van der Waals surface area contributed by atoms with Crippen molar-refractivity contribution in [1.82, 2.24) is 0 Å². The lowest BCUT2D eigenvalue weighted by atomic mass is 10.1. The molecule has 0 heterocycles. The molecule has 2 heteroatoms. The third-order valence-corrected chi connectivity index (χ3v) is 2.14. The van der Waals surface area contributed by atoms with Gasteiger partial charge >= 0.3 is 0 Å². The highest BCUT2D eigenvalue weighted by molar-refractivity contribution is 5.92. The second-order valence-electron chi connectivity index (χ2n) is 3.48. The normalized spacial score (nSPS) is 10.6. The molecule has 0 unspecified atom stereocenters. The maximum absolute atomic E-state index is 11.0. The first-order chi connectivity index (χ1) is 6.81. The first kappa shape index (κ1) is 13.1. The van der Waals surface area contributed by atoms with Gasteiger partial charge in [-0.15, -0.1) is 0 Å². The van der Waals surface area contributed by atoms with Gasteiger partial charge in [0.1, 0.15) is 6.29 Å². The van der Waals surface area contributed by atoms with E-state index in [4.69, 9.17) is 0 Å². The van der Waals surface area contributed by atoms with Crippen molar-refractivity contribution in [3.63, 3.8) is 0 Å². The van der Waals surface area contributed by atoms with E-state index in [0.29, 0.717) is 12.7 Å². The number of unbranched alkanes of at least 4 members (excludes halogenated alkanes) is 5. The first-order valence-corrected chi connectivity index (χ1v) is 5.46. The van der Waals surface area contributed by atoms with Crippen LogP contribution in [0.4, 0.5) is 0 Å². The molecule has 0 saturated carbocycles. The molecule has 0 aromatic heterocycles. The predicted octanol–water partition coefficient (Wildman–Crippen LogP) is 3.06. The third-order valence-electron chi connectivity index (χ3n) is 2.14. The van der Waals surface area contributed by atoms with E-state index in [-0.39, 0.29) is 5.78 Å². The number of carbonyl (C=O) groups is 2. The fourth-order valence-corrected chi connectivity index (χ4v) is 1.31. The van der Waals surface area contributed by atoms with Crippen LogP contribution in [-0.4, -0.2) is 12.1 Å². The molecule has 0 saturated heterocycles. The molecule has 14 heavy (non-hydrogen) atoms. The van der Waals surface area contributed by atoms with E-state index in [1.165, 1.54) is 37.8 Å².